The van der Waals surface area contributed by atoms with Crippen LogP contribution in [0.3, 0.4) is 0 Å². The van der Waals surface area contributed by atoms with Gasteiger partial charge in [-0.2, -0.15) is 0 Å². The van der Waals surface area contributed by atoms with Gasteiger partial charge in [-0.25, -0.2) is 4.39 Å². The van der Waals surface area contributed by atoms with Crippen molar-refractivity contribution in [1.29, 1.82) is 0 Å². The van der Waals surface area contributed by atoms with Crippen LogP contribution < -0.4 is 10.1 Å². The van der Waals surface area contributed by atoms with Crippen LogP contribution in [0.5, 0.6) is 5.75 Å². The molecule has 26 heavy (non-hydrogen) atoms. The lowest BCUT2D eigenvalue weighted by molar-refractivity contribution is -0.274. The number of nitrogens with one attached hydrogen (secondary N) is 1. The molecule has 1 aliphatic heterocycles. The molecule has 1 aliphatic rings. The van der Waals surface area contributed by atoms with Crippen molar-refractivity contribution in [3.63, 3.8) is 0 Å². The van der Waals surface area contributed by atoms with Gasteiger partial charge in [0.25, 0.3) is 5.91 Å². The topological polar surface area (TPSA) is 59.9 Å². The van der Waals surface area contributed by atoms with Gasteiger partial charge in [0.2, 0.25) is 6.10 Å². The Morgan fingerprint density at radius 1 is 1.12 bits per heavy atom. The van der Waals surface area contributed by atoms with Crippen LogP contribution in [-0.2, 0) is 9.63 Å². The molecule has 0 saturated carbocycles. The first-order valence-corrected chi connectivity index (χ1v) is 7.45. The maximum absolute atomic E-state index is 12.9. The lowest BCUT2D eigenvalue weighted by Gasteiger charge is -2.11. The summed E-state index contributed by atoms with van der Waals surface area (Å²) < 4.78 is 53.0. The molecule has 1 heterocycles. The van der Waals surface area contributed by atoms with E-state index in [2.05, 4.69) is 15.2 Å². The summed E-state index contributed by atoms with van der Waals surface area (Å²) in [5, 5.41) is 6.34. The van der Waals surface area contributed by atoms with Crippen molar-refractivity contribution in [3.8, 4) is 5.75 Å². The Hall–Kier alpha value is -3.10. The molecule has 2 aromatic carbocycles. The maximum Gasteiger partial charge on any atom is 0.573 e. The van der Waals surface area contributed by atoms with Gasteiger partial charge in [0.1, 0.15) is 11.6 Å². The zero-order valence-corrected chi connectivity index (χ0v) is 13.1. The molecule has 3 rings (SSSR count). The van der Waals surface area contributed by atoms with Crippen LogP contribution in [-0.4, -0.2) is 24.1 Å². The first-order chi connectivity index (χ1) is 12.3. The van der Waals surface area contributed by atoms with E-state index in [1.165, 1.54) is 36.4 Å². The van der Waals surface area contributed by atoms with E-state index >= 15 is 0 Å². The molecule has 0 bridgehead atoms. The third kappa shape index (κ3) is 4.50. The molecule has 1 amide bonds. The Morgan fingerprint density at radius 3 is 2.38 bits per heavy atom. The Labute approximate surface area is 145 Å². The first-order valence-electron chi connectivity index (χ1n) is 7.45. The second-order valence-electron chi connectivity index (χ2n) is 5.40. The van der Waals surface area contributed by atoms with Gasteiger partial charge in [-0.1, -0.05) is 17.3 Å². The van der Waals surface area contributed by atoms with Crippen LogP contribution in [0.4, 0.5) is 23.2 Å². The molecule has 0 aromatic heterocycles. The molecule has 0 unspecified atom stereocenters. The Bertz CT molecular complexity index is 817. The van der Waals surface area contributed by atoms with Crippen LogP contribution in [0.2, 0.25) is 0 Å². The van der Waals surface area contributed by atoms with Crippen molar-refractivity contribution in [3.05, 3.63) is 59.9 Å². The summed E-state index contributed by atoms with van der Waals surface area (Å²) in [5.74, 6) is -1.29. The van der Waals surface area contributed by atoms with Crippen LogP contribution in [0.1, 0.15) is 12.0 Å². The fourth-order valence-electron chi connectivity index (χ4n) is 2.29. The Morgan fingerprint density at radius 2 is 1.77 bits per heavy atom. The fourth-order valence-corrected chi connectivity index (χ4v) is 2.29. The van der Waals surface area contributed by atoms with E-state index in [4.69, 9.17) is 4.84 Å². The molecule has 0 spiro atoms. The smallest absolute Gasteiger partial charge is 0.406 e. The van der Waals surface area contributed by atoms with Gasteiger partial charge in [-0.15, -0.1) is 13.2 Å². The number of rotatable bonds is 4. The molecule has 1 N–H and O–H groups in total. The van der Waals surface area contributed by atoms with E-state index in [0.29, 0.717) is 11.3 Å². The molecular formula is C17H12F4N2O3. The average Bonchev–Trinajstić information content (AvgIpc) is 3.06. The number of carbonyl (C=O) groups excluding carboxylic acids is 1. The quantitative estimate of drug-likeness (QED) is 0.834. The minimum absolute atomic E-state index is 0.187. The first kappa shape index (κ1) is 17.7. The SMILES string of the molecule is O=C(Nc1ccc(OC(F)(F)F)cc1)[C@H]1CC(c2ccc(F)cc2)=NO1. The minimum Gasteiger partial charge on any atom is -0.406 e. The molecular weight excluding hydrogens is 356 g/mol. The van der Waals surface area contributed by atoms with Crippen molar-refractivity contribution in [2.24, 2.45) is 5.16 Å². The molecule has 136 valence electrons. The van der Waals surface area contributed by atoms with Crippen LogP contribution in [0, 0.1) is 5.82 Å². The van der Waals surface area contributed by atoms with Crippen LogP contribution >= 0.6 is 0 Å². The third-order valence-corrected chi connectivity index (χ3v) is 3.49. The number of anilines is 1. The lowest BCUT2D eigenvalue weighted by atomic mass is 10.0. The molecule has 0 aliphatic carbocycles. The van der Waals surface area contributed by atoms with E-state index in [1.807, 2.05) is 0 Å². The largest absolute Gasteiger partial charge is 0.573 e. The maximum atomic E-state index is 12.9. The van der Waals surface area contributed by atoms with Crippen molar-refractivity contribution in [1.82, 2.24) is 0 Å². The monoisotopic (exact) mass is 368 g/mol. The van der Waals surface area contributed by atoms with Crippen LogP contribution in [0.15, 0.2) is 53.7 Å². The summed E-state index contributed by atoms with van der Waals surface area (Å²) in [6.07, 6.45) is -5.48. The highest BCUT2D eigenvalue weighted by Crippen LogP contribution is 2.24. The summed E-state index contributed by atoms with van der Waals surface area (Å²) in [7, 11) is 0. The summed E-state index contributed by atoms with van der Waals surface area (Å²) in [6.45, 7) is 0. The summed E-state index contributed by atoms with van der Waals surface area (Å²) >= 11 is 0. The van der Waals surface area contributed by atoms with Gasteiger partial charge in [0.15, 0.2) is 0 Å². The summed E-state index contributed by atoms with van der Waals surface area (Å²) in [4.78, 5) is 17.3. The van der Waals surface area contributed by atoms with Gasteiger partial charge in [-0.05, 0) is 42.0 Å². The van der Waals surface area contributed by atoms with Crippen molar-refractivity contribution >= 4 is 17.3 Å². The number of alkyl halides is 3. The molecule has 0 radical (unpaired) electrons. The molecule has 0 saturated heterocycles. The van der Waals surface area contributed by atoms with Gasteiger partial charge in [-0.3, -0.25) is 4.79 Å². The second-order valence-corrected chi connectivity index (χ2v) is 5.40. The number of hydrogen-bond acceptors (Lipinski definition) is 4. The van der Waals surface area contributed by atoms with E-state index < -0.39 is 24.1 Å². The van der Waals surface area contributed by atoms with Gasteiger partial charge >= 0.3 is 6.36 Å². The number of amides is 1. The molecule has 2 aromatic rings. The standard InChI is InChI=1S/C17H12F4N2O3/c18-11-3-1-10(2-4-11)14-9-15(26-23-14)16(24)22-12-5-7-13(8-6-12)25-17(19,20)21/h1-8,15H,9H2,(H,22,24)/t15-/m1/s1. The van der Waals surface area contributed by atoms with E-state index in [9.17, 15) is 22.4 Å². The highest BCUT2D eigenvalue weighted by Gasteiger charge is 2.31. The highest BCUT2D eigenvalue weighted by molar-refractivity contribution is 6.06. The Balaban J connectivity index is 1.57. The zero-order chi connectivity index (χ0) is 18.7. The number of hydrogen-bond donors (Lipinski definition) is 1. The van der Waals surface area contributed by atoms with Crippen molar-refractivity contribution < 1.29 is 31.9 Å². The molecule has 5 nitrogen and oxygen atoms in total. The molecule has 0 fully saturated rings. The number of nitrogens with zero attached hydrogens (tertiary/aromatic N) is 1. The van der Waals surface area contributed by atoms with Gasteiger partial charge < -0.3 is 14.9 Å². The zero-order valence-electron chi connectivity index (χ0n) is 13.1. The summed E-state index contributed by atoms with van der Waals surface area (Å²) in [6, 6.07) is 10.3. The number of benzene rings is 2. The van der Waals surface area contributed by atoms with Gasteiger partial charge in [0, 0.05) is 12.1 Å². The fraction of sp³-hybridized carbons (Fsp3) is 0.176. The van der Waals surface area contributed by atoms with Crippen molar-refractivity contribution in [2.45, 2.75) is 18.9 Å². The predicted octanol–water partition coefficient (Wildman–Crippen LogP) is 3.86. The number of carbonyl (C=O) groups is 1. The normalized spacial score (nSPS) is 16.6. The highest BCUT2D eigenvalue weighted by atomic mass is 19.4. The lowest BCUT2D eigenvalue weighted by Crippen LogP contribution is -2.28. The van der Waals surface area contributed by atoms with E-state index in [1.54, 1.807) is 0 Å². The molecule has 9 heteroatoms. The summed E-state index contributed by atoms with van der Waals surface area (Å²) in [5.41, 5.74) is 1.41. The Kier molecular flexibility index (Phi) is 4.79. The third-order valence-electron chi connectivity index (χ3n) is 3.49. The second kappa shape index (κ2) is 7.03. The number of oxime groups is 1. The number of ether oxygens (including phenoxy) is 1. The molecule has 1 atom stereocenters. The minimum atomic E-state index is -4.78. The predicted molar refractivity (Wildman–Crippen MR) is 84.2 cm³/mol. The van der Waals surface area contributed by atoms with Gasteiger partial charge in [0.05, 0.1) is 5.71 Å². The average molecular weight is 368 g/mol. The number of halogens is 4. The van der Waals surface area contributed by atoms with Crippen molar-refractivity contribution in [2.75, 3.05) is 5.32 Å². The van der Waals surface area contributed by atoms with E-state index in [0.717, 1.165) is 12.1 Å². The van der Waals surface area contributed by atoms with Crippen LogP contribution in [0.25, 0.3) is 0 Å². The van der Waals surface area contributed by atoms with E-state index in [-0.39, 0.29) is 17.9 Å².